The van der Waals surface area contributed by atoms with Gasteiger partial charge in [0.05, 0.1) is 18.1 Å². The summed E-state index contributed by atoms with van der Waals surface area (Å²) in [5, 5.41) is 9.90. The number of aliphatic hydroxyl groups is 1. The molecule has 1 aliphatic rings. The van der Waals surface area contributed by atoms with E-state index in [1.54, 1.807) is 6.92 Å². The minimum atomic E-state index is -0.657. The van der Waals surface area contributed by atoms with Crippen LogP contribution in [0.4, 0.5) is 0 Å². The molecule has 0 amide bonds. The summed E-state index contributed by atoms with van der Waals surface area (Å²) in [5.74, 6) is -1.38. The van der Waals surface area contributed by atoms with Crippen LogP contribution in [0.25, 0.3) is 0 Å². The number of Topliss-reactive ketones (excluding diaryl/α,β-unsaturated/α-hetero) is 1. The number of hydrogen-bond acceptors (Lipinski definition) is 4. The zero-order valence-electron chi connectivity index (χ0n) is 11.2. The van der Waals surface area contributed by atoms with Gasteiger partial charge >= 0.3 is 5.97 Å². The van der Waals surface area contributed by atoms with Crippen LogP contribution in [0.2, 0.25) is 0 Å². The van der Waals surface area contributed by atoms with Crippen LogP contribution >= 0.6 is 0 Å². The van der Waals surface area contributed by atoms with Gasteiger partial charge in [0.25, 0.3) is 0 Å². The van der Waals surface area contributed by atoms with Crippen LogP contribution in [0.3, 0.4) is 0 Å². The van der Waals surface area contributed by atoms with E-state index in [9.17, 15) is 14.7 Å². The molecule has 4 nitrogen and oxygen atoms in total. The molecule has 0 aromatic carbocycles. The van der Waals surface area contributed by atoms with Crippen molar-refractivity contribution in [2.75, 3.05) is 6.61 Å². The monoisotopic (exact) mass is 252 g/mol. The van der Waals surface area contributed by atoms with Gasteiger partial charge in [-0.15, -0.1) is 0 Å². The van der Waals surface area contributed by atoms with Gasteiger partial charge in [0, 0.05) is 6.42 Å². The fraction of sp³-hybridized carbons (Fsp3) is 0.571. The quantitative estimate of drug-likeness (QED) is 0.617. The third kappa shape index (κ3) is 3.22. The van der Waals surface area contributed by atoms with Crippen molar-refractivity contribution in [2.24, 2.45) is 5.92 Å². The first-order valence-corrected chi connectivity index (χ1v) is 6.31. The Morgan fingerprint density at radius 1 is 1.50 bits per heavy atom. The van der Waals surface area contributed by atoms with Crippen molar-refractivity contribution in [2.45, 2.75) is 40.0 Å². The van der Waals surface area contributed by atoms with E-state index in [0.717, 1.165) is 18.4 Å². The van der Waals surface area contributed by atoms with E-state index in [2.05, 4.69) is 0 Å². The Labute approximate surface area is 107 Å². The van der Waals surface area contributed by atoms with Crippen molar-refractivity contribution in [3.05, 3.63) is 23.0 Å². The van der Waals surface area contributed by atoms with E-state index in [1.165, 1.54) is 6.08 Å². The molecule has 100 valence electrons. The van der Waals surface area contributed by atoms with Crippen molar-refractivity contribution in [1.82, 2.24) is 0 Å². The summed E-state index contributed by atoms with van der Waals surface area (Å²) >= 11 is 0. The maximum atomic E-state index is 12.0. The molecule has 1 rings (SSSR count). The molecular weight excluding hydrogens is 232 g/mol. The minimum Gasteiger partial charge on any atom is -0.508 e. The Hall–Kier alpha value is -1.58. The molecule has 0 aromatic rings. The topological polar surface area (TPSA) is 63.6 Å². The molecule has 0 aromatic heterocycles. The van der Waals surface area contributed by atoms with E-state index in [0.29, 0.717) is 5.57 Å². The van der Waals surface area contributed by atoms with Gasteiger partial charge in [-0.25, -0.2) is 0 Å². The third-order valence-electron chi connectivity index (χ3n) is 2.94. The number of carbonyl (C=O) groups is 2. The summed E-state index contributed by atoms with van der Waals surface area (Å²) in [5.41, 5.74) is 1.25. The highest BCUT2D eigenvalue weighted by Gasteiger charge is 2.31. The van der Waals surface area contributed by atoms with E-state index in [-0.39, 0.29) is 24.6 Å². The van der Waals surface area contributed by atoms with Crippen LogP contribution in [0, 0.1) is 5.92 Å². The molecule has 1 aliphatic carbocycles. The van der Waals surface area contributed by atoms with Crippen LogP contribution in [0.5, 0.6) is 0 Å². The maximum Gasteiger partial charge on any atom is 0.313 e. The van der Waals surface area contributed by atoms with E-state index < -0.39 is 11.9 Å². The highest BCUT2D eigenvalue weighted by Crippen LogP contribution is 2.28. The molecule has 0 aliphatic heterocycles. The van der Waals surface area contributed by atoms with Gasteiger partial charge in [-0.2, -0.15) is 0 Å². The Morgan fingerprint density at radius 2 is 2.17 bits per heavy atom. The molecule has 1 unspecified atom stereocenters. The normalized spacial score (nSPS) is 22.5. The fourth-order valence-electron chi connectivity index (χ4n) is 2.13. The Kier molecular flexibility index (Phi) is 5.13. The summed E-state index contributed by atoms with van der Waals surface area (Å²) in [4.78, 5) is 23.5. The van der Waals surface area contributed by atoms with Crippen LogP contribution in [0.15, 0.2) is 23.0 Å². The Balaban J connectivity index is 2.98. The standard InChI is InChI=1S/C14H20O4/c1-4-6-9(3)13-11(15)7-10(8-12(13)16)14(17)18-5-2/h7,10,15H,4-6,8H2,1-3H3/b13-9-. The van der Waals surface area contributed by atoms with Gasteiger partial charge in [-0.1, -0.05) is 18.9 Å². The largest absolute Gasteiger partial charge is 0.508 e. The zero-order chi connectivity index (χ0) is 13.7. The molecule has 0 fully saturated rings. The van der Waals surface area contributed by atoms with Crippen molar-refractivity contribution >= 4 is 11.8 Å². The van der Waals surface area contributed by atoms with Gasteiger partial charge in [-0.3, -0.25) is 9.59 Å². The second-order valence-corrected chi connectivity index (χ2v) is 4.44. The predicted octanol–water partition coefficient (Wildman–Crippen LogP) is 2.70. The van der Waals surface area contributed by atoms with Crippen LogP contribution in [0.1, 0.15) is 40.0 Å². The number of allylic oxidation sites excluding steroid dienone is 2. The molecule has 0 bridgehead atoms. The number of rotatable bonds is 4. The summed E-state index contributed by atoms with van der Waals surface area (Å²) < 4.78 is 4.86. The lowest BCUT2D eigenvalue weighted by atomic mass is 9.86. The van der Waals surface area contributed by atoms with Gasteiger partial charge < -0.3 is 9.84 Å². The summed E-state index contributed by atoms with van der Waals surface area (Å²) in [6.07, 6.45) is 3.19. The highest BCUT2D eigenvalue weighted by molar-refractivity contribution is 6.03. The molecule has 1 N–H and O–H groups in total. The van der Waals surface area contributed by atoms with Crippen LogP contribution in [-0.4, -0.2) is 23.5 Å². The number of aliphatic hydroxyl groups excluding tert-OH is 1. The molecular formula is C14H20O4. The molecule has 1 atom stereocenters. The lowest BCUT2D eigenvalue weighted by Crippen LogP contribution is -2.25. The first kappa shape index (κ1) is 14.5. The lowest BCUT2D eigenvalue weighted by molar-refractivity contribution is -0.147. The van der Waals surface area contributed by atoms with Gasteiger partial charge in [0.1, 0.15) is 5.76 Å². The van der Waals surface area contributed by atoms with E-state index >= 15 is 0 Å². The van der Waals surface area contributed by atoms with Crippen molar-refractivity contribution in [3.63, 3.8) is 0 Å². The van der Waals surface area contributed by atoms with Crippen molar-refractivity contribution < 1.29 is 19.4 Å². The highest BCUT2D eigenvalue weighted by atomic mass is 16.5. The molecule has 0 saturated heterocycles. The van der Waals surface area contributed by atoms with Crippen LogP contribution in [-0.2, 0) is 14.3 Å². The van der Waals surface area contributed by atoms with E-state index in [4.69, 9.17) is 4.74 Å². The second kappa shape index (κ2) is 6.38. The Bertz CT molecular complexity index is 404. The predicted molar refractivity (Wildman–Crippen MR) is 68.1 cm³/mol. The number of ketones is 1. The number of carbonyl (C=O) groups excluding carboxylic acids is 2. The average Bonchev–Trinajstić information content (AvgIpc) is 2.28. The molecule has 0 radical (unpaired) electrons. The van der Waals surface area contributed by atoms with Gasteiger partial charge in [-0.05, 0) is 26.3 Å². The van der Waals surface area contributed by atoms with Gasteiger partial charge in [0.2, 0.25) is 0 Å². The van der Waals surface area contributed by atoms with E-state index in [1.807, 2.05) is 13.8 Å². The number of esters is 1. The molecule has 0 saturated carbocycles. The fourth-order valence-corrected chi connectivity index (χ4v) is 2.13. The van der Waals surface area contributed by atoms with Crippen LogP contribution < -0.4 is 0 Å². The van der Waals surface area contributed by atoms with Crippen molar-refractivity contribution in [3.8, 4) is 0 Å². The lowest BCUT2D eigenvalue weighted by Gasteiger charge is -2.20. The Morgan fingerprint density at radius 3 is 2.67 bits per heavy atom. The first-order valence-electron chi connectivity index (χ1n) is 6.31. The molecule has 0 heterocycles. The average molecular weight is 252 g/mol. The summed E-state index contributed by atoms with van der Waals surface area (Å²) in [7, 11) is 0. The summed E-state index contributed by atoms with van der Waals surface area (Å²) in [6, 6.07) is 0. The molecule has 4 heteroatoms. The second-order valence-electron chi connectivity index (χ2n) is 4.44. The molecule has 0 spiro atoms. The zero-order valence-corrected chi connectivity index (χ0v) is 11.2. The SMILES string of the molecule is CCC/C(C)=C1\C(=O)CC(C(=O)OCC)C=C1O. The number of hydrogen-bond donors (Lipinski definition) is 1. The maximum absolute atomic E-state index is 12.0. The third-order valence-corrected chi connectivity index (χ3v) is 2.94. The van der Waals surface area contributed by atoms with Gasteiger partial charge in [0.15, 0.2) is 5.78 Å². The minimum absolute atomic E-state index is 0.0826. The smallest absolute Gasteiger partial charge is 0.313 e. The summed E-state index contributed by atoms with van der Waals surface area (Å²) in [6.45, 7) is 5.84. The number of ether oxygens (including phenoxy) is 1. The van der Waals surface area contributed by atoms with Crippen molar-refractivity contribution in [1.29, 1.82) is 0 Å². The first-order chi connectivity index (χ1) is 8.51. The molecule has 18 heavy (non-hydrogen) atoms.